The fraction of sp³-hybridized carbons (Fsp3) is 0.623. The molecule has 0 aromatic rings. The lowest BCUT2D eigenvalue weighted by molar-refractivity contribution is -0.166. The van der Waals surface area contributed by atoms with Crippen molar-refractivity contribution in [3.8, 4) is 0 Å². The van der Waals surface area contributed by atoms with Crippen LogP contribution in [-0.4, -0.2) is 37.2 Å². The number of allylic oxidation sites excluding steroid dienone is 26. The van der Waals surface area contributed by atoms with E-state index >= 15 is 0 Å². The molecule has 0 aliphatic rings. The number of hydrogen-bond donors (Lipinski definition) is 0. The predicted molar refractivity (Wildman–Crippen MR) is 362 cm³/mol. The van der Waals surface area contributed by atoms with Gasteiger partial charge >= 0.3 is 17.9 Å². The molecule has 0 spiro atoms. The minimum Gasteiger partial charge on any atom is -0.462 e. The van der Waals surface area contributed by atoms with Gasteiger partial charge in [0.05, 0.1) is 0 Å². The topological polar surface area (TPSA) is 78.9 Å². The first kappa shape index (κ1) is 78.0. The number of esters is 3. The van der Waals surface area contributed by atoms with Crippen molar-refractivity contribution in [2.24, 2.45) is 0 Å². The molecule has 83 heavy (non-hydrogen) atoms. The first-order valence-electron chi connectivity index (χ1n) is 34.0. The zero-order chi connectivity index (χ0) is 59.9. The molecular formula is C77H124O6. The van der Waals surface area contributed by atoms with Crippen LogP contribution in [0, 0.1) is 0 Å². The SMILES string of the molecule is CC/C=C\C/C=C\C/C=C\C/C=C\C/C=C\C/C=C\CCCCCCCCCCCCCCCCC(=O)OCC(COC(=O)CC/C=C\C/C=C\C/C=C\C/C=C\CC)OC(=O)CCCCCCCC/C=C\C/C=C\C/C=C\CCCCC. The van der Waals surface area contributed by atoms with Crippen molar-refractivity contribution in [3.05, 3.63) is 158 Å². The third-order valence-corrected chi connectivity index (χ3v) is 14.0. The van der Waals surface area contributed by atoms with Gasteiger partial charge < -0.3 is 14.2 Å². The molecule has 6 heteroatoms. The zero-order valence-electron chi connectivity index (χ0n) is 53.7. The molecular weight excluding hydrogens is 1020 g/mol. The molecule has 1 atom stereocenters. The lowest BCUT2D eigenvalue weighted by Gasteiger charge is -2.18. The summed E-state index contributed by atoms with van der Waals surface area (Å²) >= 11 is 0. The smallest absolute Gasteiger partial charge is 0.306 e. The second-order valence-corrected chi connectivity index (χ2v) is 22.0. The Bertz CT molecular complexity index is 1840. The van der Waals surface area contributed by atoms with Crippen LogP contribution in [0.25, 0.3) is 0 Å². The molecule has 0 amide bonds. The van der Waals surface area contributed by atoms with Gasteiger partial charge in [-0.25, -0.2) is 0 Å². The molecule has 0 heterocycles. The number of hydrogen-bond acceptors (Lipinski definition) is 6. The monoisotopic (exact) mass is 1140 g/mol. The van der Waals surface area contributed by atoms with E-state index in [4.69, 9.17) is 14.2 Å². The predicted octanol–water partition coefficient (Wildman–Crippen LogP) is 23.7. The Kier molecular flexibility index (Phi) is 65.4. The molecule has 1 unspecified atom stereocenters. The highest BCUT2D eigenvalue weighted by Gasteiger charge is 2.19. The molecule has 0 saturated carbocycles. The molecule has 0 fully saturated rings. The molecule has 0 aliphatic heterocycles. The number of rotatable bonds is 60. The Labute approximate surface area is 511 Å². The van der Waals surface area contributed by atoms with Crippen LogP contribution in [0.4, 0.5) is 0 Å². The van der Waals surface area contributed by atoms with E-state index in [1.54, 1.807) is 0 Å². The summed E-state index contributed by atoms with van der Waals surface area (Å²) in [5, 5.41) is 0. The van der Waals surface area contributed by atoms with E-state index in [1.165, 1.54) is 116 Å². The fourth-order valence-corrected chi connectivity index (χ4v) is 9.00. The van der Waals surface area contributed by atoms with Crippen molar-refractivity contribution in [2.75, 3.05) is 13.2 Å². The first-order valence-corrected chi connectivity index (χ1v) is 34.0. The summed E-state index contributed by atoms with van der Waals surface area (Å²) in [6.45, 7) is 6.31. The number of ether oxygens (including phenoxy) is 3. The Morgan fingerprint density at radius 1 is 0.253 bits per heavy atom. The zero-order valence-corrected chi connectivity index (χ0v) is 53.7. The summed E-state index contributed by atoms with van der Waals surface area (Å²) in [7, 11) is 0. The highest BCUT2D eigenvalue weighted by molar-refractivity contribution is 5.71. The quantitative estimate of drug-likeness (QED) is 0.0261. The second kappa shape index (κ2) is 69.5. The van der Waals surface area contributed by atoms with E-state index in [-0.39, 0.29) is 37.5 Å². The van der Waals surface area contributed by atoms with Crippen LogP contribution in [-0.2, 0) is 28.6 Å². The minimum absolute atomic E-state index is 0.110. The molecule has 0 radical (unpaired) electrons. The van der Waals surface area contributed by atoms with Crippen molar-refractivity contribution in [1.29, 1.82) is 0 Å². The van der Waals surface area contributed by atoms with Gasteiger partial charge in [-0.1, -0.05) is 294 Å². The van der Waals surface area contributed by atoms with E-state index < -0.39 is 6.10 Å². The maximum Gasteiger partial charge on any atom is 0.306 e. The van der Waals surface area contributed by atoms with E-state index in [9.17, 15) is 14.4 Å². The molecule has 0 rings (SSSR count). The number of carbonyl (C=O) groups excluding carboxylic acids is 3. The molecule has 0 aliphatic carbocycles. The molecule has 0 aromatic heterocycles. The average Bonchev–Trinajstić information content (AvgIpc) is 3.49. The van der Waals surface area contributed by atoms with Crippen LogP contribution >= 0.6 is 0 Å². The highest BCUT2D eigenvalue weighted by Crippen LogP contribution is 2.16. The Morgan fingerprint density at radius 3 is 0.807 bits per heavy atom. The summed E-state index contributed by atoms with van der Waals surface area (Å²) in [6.07, 6.45) is 101. The summed E-state index contributed by atoms with van der Waals surface area (Å²) in [5.74, 6) is -1.01. The average molecular weight is 1150 g/mol. The lowest BCUT2D eigenvalue weighted by atomic mass is 10.0. The Balaban J connectivity index is 4.29. The maximum absolute atomic E-state index is 12.9. The van der Waals surface area contributed by atoms with E-state index in [0.29, 0.717) is 19.3 Å². The summed E-state index contributed by atoms with van der Waals surface area (Å²) in [6, 6.07) is 0. The molecule has 0 bridgehead atoms. The van der Waals surface area contributed by atoms with E-state index in [0.717, 1.165) is 128 Å². The molecule has 468 valence electrons. The molecule has 0 saturated heterocycles. The second-order valence-electron chi connectivity index (χ2n) is 22.0. The third-order valence-electron chi connectivity index (χ3n) is 14.0. The maximum atomic E-state index is 12.9. The van der Waals surface area contributed by atoms with E-state index in [1.807, 2.05) is 6.08 Å². The van der Waals surface area contributed by atoms with Gasteiger partial charge in [-0.15, -0.1) is 0 Å². The van der Waals surface area contributed by atoms with Gasteiger partial charge in [-0.3, -0.25) is 14.4 Å². The fourth-order valence-electron chi connectivity index (χ4n) is 9.00. The largest absolute Gasteiger partial charge is 0.462 e. The molecule has 0 aromatic carbocycles. The van der Waals surface area contributed by atoms with Crippen LogP contribution < -0.4 is 0 Å². The molecule has 6 nitrogen and oxygen atoms in total. The van der Waals surface area contributed by atoms with E-state index in [2.05, 4.69) is 173 Å². The minimum atomic E-state index is -0.821. The normalized spacial score (nSPS) is 13.1. The number of carbonyl (C=O) groups is 3. The van der Waals surface area contributed by atoms with Gasteiger partial charge in [0.15, 0.2) is 6.10 Å². The number of unbranched alkanes of at least 4 members (excludes halogenated alkanes) is 23. The van der Waals surface area contributed by atoms with Gasteiger partial charge in [0.25, 0.3) is 0 Å². The van der Waals surface area contributed by atoms with Crippen molar-refractivity contribution in [3.63, 3.8) is 0 Å². The first-order chi connectivity index (χ1) is 41.0. The summed E-state index contributed by atoms with van der Waals surface area (Å²) in [4.78, 5) is 38.3. The lowest BCUT2D eigenvalue weighted by Crippen LogP contribution is -2.30. The van der Waals surface area contributed by atoms with Crippen molar-refractivity contribution >= 4 is 17.9 Å². The third kappa shape index (κ3) is 67.7. The van der Waals surface area contributed by atoms with Crippen LogP contribution in [0.2, 0.25) is 0 Å². The van der Waals surface area contributed by atoms with Gasteiger partial charge in [0.2, 0.25) is 0 Å². The van der Waals surface area contributed by atoms with Crippen LogP contribution in [0.5, 0.6) is 0 Å². The van der Waals surface area contributed by atoms with Crippen molar-refractivity contribution in [2.45, 2.75) is 297 Å². The molecule has 0 N–H and O–H groups in total. The van der Waals surface area contributed by atoms with Crippen molar-refractivity contribution < 1.29 is 28.6 Å². The van der Waals surface area contributed by atoms with Crippen LogP contribution in [0.1, 0.15) is 290 Å². The Hall–Kier alpha value is -4.97. The highest BCUT2D eigenvalue weighted by atomic mass is 16.6. The standard InChI is InChI=1S/C77H124O6/c1-4-7-10-13-16-19-22-25-27-29-31-32-33-34-35-36-37-38-39-40-41-42-43-44-46-47-49-52-55-58-61-64-67-70-76(79)82-73-74(72-81-75(78)69-66-63-60-57-54-51-24-21-18-15-12-9-6-3)83-77(80)71-68-65-62-59-56-53-50-48-45-30-28-26-23-20-17-14-11-8-5-2/h7,9-10,12,16-21,25-28,31-32,34-35,37-38,45,48,51,54,60,63,74H,4-6,8,11,13-15,22-24,29-30,33,36,39-44,46-47,49-50,52-53,55-59,61-62,64-73H2,1-3H3/b10-7-,12-9-,19-16-,20-17-,21-18-,27-25-,28-26-,32-31-,35-34-,38-37-,48-45-,54-51-,63-60-. The van der Waals surface area contributed by atoms with Crippen LogP contribution in [0.3, 0.4) is 0 Å². The van der Waals surface area contributed by atoms with Crippen LogP contribution in [0.15, 0.2) is 158 Å². The van der Waals surface area contributed by atoms with Gasteiger partial charge in [0, 0.05) is 19.3 Å². The van der Waals surface area contributed by atoms with Crippen molar-refractivity contribution in [1.82, 2.24) is 0 Å². The summed E-state index contributed by atoms with van der Waals surface area (Å²) in [5.41, 5.74) is 0. The summed E-state index contributed by atoms with van der Waals surface area (Å²) < 4.78 is 16.9. The Morgan fingerprint density at radius 2 is 0.494 bits per heavy atom. The van der Waals surface area contributed by atoms with Gasteiger partial charge in [0.1, 0.15) is 13.2 Å². The van der Waals surface area contributed by atoms with Gasteiger partial charge in [-0.05, 0) is 135 Å². The van der Waals surface area contributed by atoms with Gasteiger partial charge in [-0.2, -0.15) is 0 Å².